The van der Waals surface area contributed by atoms with E-state index in [0.29, 0.717) is 0 Å². The van der Waals surface area contributed by atoms with Gasteiger partial charge in [0.05, 0.1) is 11.0 Å². The number of para-hydroxylation sites is 2. The summed E-state index contributed by atoms with van der Waals surface area (Å²) >= 11 is 0. The molecule has 2 heteroatoms. The molecule has 0 amide bonds. The van der Waals surface area contributed by atoms with Gasteiger partial charge >= 0.3 is 0 Å². The fourth-order valence-electron chi connectivity index (χ4n) is 6.70. The normalized spacial score (nSPS) is 13.3. The molecule has 0 spiro atoms. The van der Waals surface area contributed by atoms with Crippen LogP contribution >= 0.6 is 0 Å². The van der Waals surface area contributed by atoms with Crippen LogP contribution in [0.2, 0.25) is 0 Å². The number of fused-ring (bicyclic) bond motifs is 6. The maximum Gasteiger partial charge on any atom is 0.0547 e. The summed E-state index contributed by atoms with van der Waals surface area (Å²) in [7, 11) is 0. The molecule has 41 heavy (non-hydrogen) atoms. The van der Waals surface area contributed by atoms with Crippen LogP contribution in [0.3, 0.4) is 0 Å². The Hall–Kier alpha value is -5.08. The Morgan fingerprint density at radius 2 is 1.15 bits per heavy atom. The van der Waals surface area contributed by atoms with Crippen LogP contribution in [-0.2, 0) is 5.41 Å². The Bertz CT molecular complexity index is 2080. The lowest BCUT2D eigenvalue weighted by molar-refractivity contribution is 0.660. The quantitative estimate of drug-likeness (QED) is 0.241. The minimum atomic E-state index is -0.00562. The molecule has 7 aromatic rings. The van der Waals surface area contributed by atoms with E-state index < -0.39 is 0 Å². The summed E-state index contributed by atoms with van der Waals surface area (Å²) in [5.74, 6) is 0. The maximum absolute atomic E-state index is 3.65. The molecule has 0 aliphatic heterocycles. The standard InChI is InChI=1S/C39H30N2/c1-39(2)35-14-8-6-12-31(35)32-23-21-29(25-36(32)39)40-28-19-16-26(17-20-28)27-18-22-34-33-13-7-9-15-37(33)41(38(34)24-27)30-10-4-3-5-11-30/h3-25,40H,1-2H3. The lowest BCUT2D eigenvalue weighted by Crippen LogP contribution is -2.15. The van der Waals surface area contributed by atoms with Crippen molar-refractivity contribution in [1.29, 1.82) is 0 Å². The number of benzene rings is 6. The molecule has 0 saturated carbocycles. The molecule has 0 atom stereocenters. The van der Waals surface area contributed by atoms with Gasteiger partial charge in [0, 0.05) is 33.2 Å². The summed E-state index contributed by atoms with van der Waals surface area (Å²) in [6.07, 6.45) is 0. The van der Waals surface area contributed by atoms with Crippen LogP contribution in [0.4, 0.5) is 11.4 Å². The topological polar surface area (TPSA) is 17.0 Å². The van der Waals surface area contributed by atoms with Crippen molar-refractivity contribution in [2.75, 3.05) is 5.32 Å². The largest absolute Gasteiger partial charge is 0.356 e. The van der Waals surface area contributed by atoms with Crippen LogP contribution in [-0.4, -0.2) is 4.57 Å². The van der Waals surface area contributed by atoms with E-state index in [4.69, 9.17) is 0 Å². The summed E-state index contributed by atoms with van der Waals surface area (Å²) in [4.78, 5) is 0. The van der Waals surface area contributed by atoms with E-state index in [9.17, 15) is 0 Å². The van der Waals surface area contributed by atoms with Gasteiger partial charge in [0.1, 0.15) is 0 Å². The molecular formula is C39H30N2. The van der Waals surface area contributed by atoms with E-state index in [1.54, 1.807) is 0 Å². The van der Waals surface area contributed by atoms with E-state index in [1.165, 1.54) is 60.9 Å². The predicted molar refractivity (Wildman–Crippen MR) is 174 cm³/mol. The molecule has 0 radical (unpaired) electrons. The van der Waals surface area contributed by atoms with Crippen molar-refractivity contribution < 1.29 is 0 Å². The first-order valence-electron chi connectivity index (χ1n) is 14.3. The number of rotatable bonds is 4. The van der Waals surface area contributed by atoms with E-state index >= 15 is 0 Å². The predicted octanol–water partition coefficient (Wildman–Crippen LogP) is 10.5. The molecule has 196 valence electrons. The summed E-state index contributed by atoms with van der Waals surface area (Å²) < 4.78 is 2.37. The van der Waals surface area contributed by atoms with Crippen LogP contribution < -0.4 is 5.32 Å². The van der Waals surface area contributed by atoms with Crippen LogP contribution in [0.5, 0.6) is 0 Å². The molecule has 0 unspecified atom stereocenters. The SMILES string of the molecule is CC1(C)c2ccccc2-c2ccc(Nc3ccc(-c4ccc5c6ccccc6n(-c6ccccc6)c5c4)cc3)cc21. The van der Waals surface area contributed by atoms with Crippen molar-refractivity contribution in [2.24, 2.45) is 0 Å². The fourth-order valence-corrected chi connectivity index (χ4v) is 6.70. The summed E-state index contributed by atoms with van der Waals surface area (Å²) in [5.41, 5.74) is 13.7. The maximum atomic E-state index is 3.65. The highest BCUT2D eigenvalue weighted by atomic mass is 15.0. The first-order valence-corrected chi connectivity index (χ1v) is 14.3. The molecule has 1 aromatic heterocycles. The Balaban J connectivity index is 1.13. The average Bonchev–Trinajstić information content (AvgIpc) is 3.46. The Kier molecular flexibility index (Phi) is 5.20. The van der Waals surface area contributed by atoms with E-state index in [0.717, 1.165) is 11.4 Å². The molecule has 1 N–H and O–H groups in total. The Morgan fingerprint density at radius 1 is 0.488 bits per heavy atom. The zero-order chi connectivity index (χ0) is 27.6. The number of aromatic nitrogens is 1. The third-order valence-electron chi connectivity index (χ3n) is 8.78. The van der Waals surface area contributed by atoms with Crippen molar-refractivity contribution >= 4 is 33.2 Å². The molecule has 1 aliphatic rings. The number of hydrogen-bond acceptors (Lipinski definition) is 1. The zero-order valence-corrected chi connectivity index (χ0v) is 23.2. The van der Waals surface area contributed by atoms with Gasteiger partial charge in [-0.3, -0.25) is 0 Å². The van der Waals surface area contributed by atoms with Crippen molar-refractivity contribution in [3.63, 3.8) is 0 Å². The van der Waals surface area contributed by atoms with E-state index in [-0.39, 0.29) is 5.41 Å². The Labute approximate surface area is 240 Å². The molecule has 1 aliphatic carbocycles. The highest BCUT2D eigenvalue weighted by Gasteiger charge is 2.35. The van der Waals surface area contributed by atoms with Gasteiger partial charge in [0.15, 0.2) is 0 Å². The van der Waals surface area contributed by atoms with Crippen LogP contribution in [0.15, 0.2) is 140 Å². The Morgan fingerprint density at radius 3 is 2.00 bits per heavy atom. The van der Waals surface area contributed by atoms with Gasteiger partial charge in [-0.25, -0.2) is 0 Å². The first kappa shape index (κ1) is 23.8. The van der Waals surface area contributed by atoms with Crippen molar-refractivity contribution in [3.8, 4) is 27.9 Å². The smallest absolute Gasteiger partial charge is 0.0547 e. The summed E-state index contributed by atoms with van der Waals surface area (Å²) in [5, 5.41) is 6.20. The molecule has 0 saturated heterocycles. The molecule has 0 fully saturated rings. The van der Waals surface area contributed by atoms with Crippen molar-refractivity contribution in [1.82, 2.24) is 4.57 Å². The zero-order valence-electron chi connectivity index (χ0n) is 23.2. The van der Waals surface area contributed by atoms with Gasteiger partial charge in [0.25, 0.3) is 0 Å². The number of nitrogens with one attached hydrogen (secondary N) is 1. The minimum absolute atomic E-state index is 0.00562. The first-order chi connectivity index (χ1) is 20.1. The van der Waals surface area contributed by atoms with E-state index in [1.807, 2.05) is 0 Å². The summed E-state index contributed by atoms with van der Waals surface area (Å²) in [6, 6.07) is 50.5. The highest BCUT2D eigenvalue weighted by molar-refractivity contribution is 6.10. The number of hydrogen-bond donors (Lipinski definition) is 1. The van der Waals surface area contributed by atoms with E-state index in [2.05, 4.69) is 163 Å². The highest BCUT2D eigenvalue weighted by Crippen LogP contribution is 2.49. The molecule has 0 bridgehead atoms. The second-order valence-electron chi connectivity index (χ2n) is 11.6. The minimum Gasteiger partial charge on any atom is -0.356 e. The van der Waals surface area contributed by atoms with Crippen molar-refractivity contribution in [3.05, 3.63) is 151 Å². The van der Waals surface area contributed by atoms with Gasteiger partial charge in [-0.15, -0.1) is 0 Å². The second kappa shape index (κ2) is 8.97. The average molecular weight is 527 g/mol. The van der Waals surface area contributed by atoms with Crippen LogP contribution in [0.25, 0.3) is 49.7 Å². The summed E-state index contributed by atoms with van der Waals surface area (Å²) in [6.45, 7) is 4.65. The van der Waals surface area contributed by atoms with Gasteiger partial charge in [0.2, 0.25) is 0 Å². The lowest BCUT2D eigenvalue weighted by atomic mass is 9.82. The molecule has 1 heterocycles. The van der Waals surface area contributed by atoms with Gasteiger partial charge in [-0.2, -0.15) is 0 Å². The van der Waals surface area contributed by atoms with Gasteiger partial charge < -0.3 is 9.88 Å². The van der Waals surface area contributed by atoms with Gasteiger partial charge in [-0.1, -0.05) is 105 Å². The van der Waals surface area contributed by atoms with Crippen LogP contribution in [0.1, 0.15) is 25.0 Å². The second-order valence-corrected chi connectivity index (χ2v) is 11.6. The molecule has 8 rings (SSSR count). The fraction of sp³-hybridized carbons (Fsp3) is 0.0769. The number of nitrogens with zero attached hydrogens (tertiary/aromatic N) is 1. The van der Waals surface area contributed by atoms with Crippen LogP contribution in [0, 0.1) is 0 Å². The van der Waals surface area contributed by atoms with Gasteiger partial charge in [-0.05, 0) is 81.9 Å². The molecule has 6 aromatic carbocycles. The van der Waals surface area contributed by atoms with Crippen molar-refractivity contribution in [2.45, 2.75) is 19.3 Å². The molecule has 2 nitrogen and oxygen atoms in total. The monoisotopic (exact) mass is 526 g/mol. The molecular weight excluding hydrogens is 496 g/mol. The third-order valence-corrected chi connectivity index (χ3v) is 8.78. The lowest BCUT2D eigenvalue weighted by Gasteiger charge is -2.22. The number of anilines is 2. The third kappa shape index (κ3) is 3.72.